The summed E-state index contributed by atoms with van der Waals surface area (Å²) in [7, 11) is 0. The Labute approximate surface area is 127 Å². The van der Waals surface area contributed by atoms with Gasteiger partial charge in [-0.05, 0) is 30.7 Å². The molecule has 22 heavy (non-hydrogen) atoms. The molecule has 0 spiro atoms. The first kappa shape index (κ1) is 13.9. The zero-order valence-electron chi connectivity index (χ0n) is 12.0. The SMILES string of the molecule is Cc1[nH]c2ccccc2c1/C=N/Nc1ccc(C(=O)[O-])cc1. The van der Waals surface area contributed by atoms with Crippen molar-refractivity contribution in [3.63, 3.8) is 0 Å². The molecule has 1 aromatic heterocycles. The number of fused-ring (bicyclic) bond motifs is 1. The number of carbonyl (C=O) groups is 1. The molecule has 0 saturated heterocycles. The van der Waals surface area contributed by atoms with Crippen molar-refractivity contribution in [1.29, 1.82) is 0 Å². The number of hydrazone groups is 1. The Bertz CT molecular complexity index is 848. The Morgan fingerprint density at radius 3 is 2.64 bits per heavy atom. The van der Waals surface area contributed by atoms with E-state index in [0.29, 0.717) is 5.69 Å². The smallest absolute Gasteiger partial charge is 0.0715 e. The van der Waals surface area contributed by atoms with E-state index in [1.807, 2.05) is 31.2 Å². The van der Waals surface area contributed by atoms with E-state index in [1.165, 1.54) is 12.1 Å². The number of carbonyl (C=O) groups excluding carboxylic acids is 1. The van der Waals surface area contributed by atoms with Gasteiger partial charge in [-0.1, -0.05) is 30.3 Å². The Balaban J connectivity index is 1.79. The third-order valence-corrected chi connectivity index (χ3v) is 3.45. The molecule has 3 rings (SSSR count). The molecule has 0 radical (unpaired) electrons. The maximum absolute atomic E-state index is 10.7. The van der Waals surface area contributed by atoms with E-state index in [9.17, 15) is 9.90 Å². The molecule has 5 heteroatoms. The fraction of sp³-hybridized carbons (Fsp3) is 0.0588. The van der Waals surface area contributed by atoms with E-state index in [0.717, 1.165) is 22.2 Å². The third kappa shape index (κ3) is 2.69. The number of para-hydroxylation sites is 1. The number of hydrogen-bond donors (Lipinski definition) is 2. The van der Waals surface area contributed by atoms with Gasteiger partial charge in [-0.3, -0.25) is 5.43 Å². The van der Waals surface area contributed by atoms with Crippen LogP contribution in [0, 0.1) is 6.92 Å². The van der Waals surface area contributed by atoms with Crippen molar-refractivity contribution in [1.82, 2.24) is 4.98 Å². The standard InChI is InChI=1S/C17H15N3O2/c1-11-15(14-4-2-3-5-16(14)19-11)10-18-20-13-8-6-12(7-9-13)17(21)22/h2-10,19-20H,1H3,(H,21,22)/p-1/b18-10+. The molecule has 0 atom stereocenters. The summed E-state index contributed by atoms with van der Waals surface area (Å²) in [6.45, 7) is 2.00. The van der Waals surface area contributed by atoms with Crippen LogP contribution in [0.15, 0.2) is 53.6 Å². The summed E-state index contributed by atoms with van der Waals surface area (Å²) in [6, 6.07) is 14.3. The molecule has 3 aromatic rings. The molecular formula is C17H14N3O2-. The van der Waals surface area contributed by atoms with Gasteiger partial charge in [-0.25, -0.2) is 0 Å². The van der Waals surface area contributed by atoms with Gasteiger partial charge in [0.05, 0.1) is 17.9 Å². The summed E-state index contributed by atoms with van der Waals surface area (Å²) in [5, 5.41) is 16.0. The second-order valence-electron chi connectivity index (χ2n) is 4.94. The second kappa shape index (κ2) is 5.73. The van der Waals surface area contributed by atoms with Gasteiger partial charge in [0, 0.05) is 22.2 Å². The summed E-state index contributed by atoms with van der Waals surface area (Å²) in [5.41, 5.74) is 6.86. The van der Waals surface area contributed by atoms with Crippen LogP contribution >= 0.6 is 0 Å². The van der Waals surface area contributed by atoms with Crippen molar-refractivity contribution in [2.75, 3.05) is 5.43 Å². The first-order valence-electron chi connectivity index (χ1n) is 6.83. The van der Waals surface area contributed by atoms with E-state index < -0.39 is 5.97 Å². The van der Waals surface area contributed by atoms with Crippen LogP contribution in [-0.2, 0) is 0 Å². The number of hydrogen-bond acceptors (Lipinski definition) is 4. The van der Waals surface area contributed by atoms with Crippen LogP contribution in [0.2, 0.25) is 0 Å². The maximum atomic E-state index is 10.7. The zero-order valence-corrected chi connectivity index (χ0v) is 12.0. The number of carboxylic acid groups (broad SMARTS) is 1. The topological polar surface area (TPSA) is 80.3 Å². The predicted octanol–water partition coefficient (Wildman–Crippen LogP) is 2.29. The lowest BCUT2D eigenvalue weighted by Crippen LogP contribution is -2.21. The third-order valence-electron chi connectivity index (χ3n) is 3.45. The number of carboxylic acids is 1. The molecule has 0 unspecified atom stereocenters. The highest BCUT2D eigenvalue weighted by molar-refractivity contribution is 6.00. The highest BCUT2D eigenvalue weighted by atomic mass is 16.4. The van der Waals surface area contributed by atoms with Crippen molar-refractivity contribution in [2.24, 2.45) is 5.10 Å². The normalized spacial score (nSPS) is 11.1. The van der Waals surface area contributed by atoms with Gasteiger partial charge in [0.2, 0.25) is 0 Å². The summed E-state index contributed by atoms with van der Waals surface area (Å²) >= 11 is 0. The lowest BCUT2D eigenvalue weighted by Gasteiger charge is -2.04. The molecule has 110 valence electrons. The number of nitrogens with one attached hydrogen (secondary N) is 2. The molecule has 0 aliphatic heterocycles. The molecule has 2 N–H and O–H groups in total. The molecular weight excluding hydrogens is 278 g/mol. The van der Waals surface area contributed by atoms with Crippen molar-refractivity contribution in [2.45, 2.75) is 6.92 Å². The van der Waals surface area contributed by atoms with Crippen molar-refractivity contribution >= 4 is 28.8 Å². The Morgan fingerprint density at radius 2 is 1.91 bits per heavy atom. The lowest BCUT2D eigenvalue weighted by atomic mass is 10.1. The highest BCUT2D eigenvalue weighted by Gasteiger charge is 2.04. The first-order chi connectivity index (χ1) is 10.6. The van der Waals surface area contributed by atoms with Crippen LogP contribution in [0.5, 0.6) is 0 Å². The number of H-pyrrole nitrogens is 1. The van der Waals surface area contributed by atoms with Crippen LogP contribution in [0.4, 0.5) is 5.69 Å². The molecule has 2 aromatic carbocycles. The van der Waals surface area contributed by atoms with E-state index in [-0.39, 0.29) is 5.56 Å². The number of nitrogens with zero attached hydrogens (tertiary/aromatic N) is 1. The number of aromatic nitrogens is 1. The fourth-order valence-corrected chi connectivity index (χ4v) is 2.32. The molecule has 0 fully saturated rings. The van der Waals surface area contributed by atoms with Gasteiger partial charge < -0.3 is 14.9 Å². The van der Waals surface area contributed by atoms with Gasteiger partial charge in [-0.15, -0.1) is 0 Å². The minimum Gasteiger partial charge on any atom is -0.545 e. The van der Waals surface area contributed by atoms with E-state index in [4.69, 9.17) is 0 Å². The molecule has 1 heterocycles. The number of rotatable bonds is 4. The van der Waals surface area contributed by atoms with Crippen LogP contribution in [0.3, 0.4) is 0 Å². The van der Waals surface area contributed by atoms with Crippen molar-refractivity contribution in [3.05, 3.63) is 65.4 Å². The van der Waals surface area contributed by atoms with E-state index >= 15 is 0 Å². The van der Waals surface area contributed by atoms with Crippen molar-refractivity contribution < 1.29 is 9.90 Å². The Hall–Kier alpha value is -3.08. The minimum atomic E-state index is -1.19. The number of aryl methyl sites for hydroxylation is 1. The Kier molecular flexibility index (Phi) is 3.62. The van der Waals surface area contributed by atoms with Gasteiger partial charge in [0.1, 0.15) is 0 Å². The zero-order chi connectivity index (χ0) is 15.5. The first-order valence-corrected chi connectivity index (χ1v) is 6.83. The fourth-order valence-electron chi connectivity index (χ4n) is 2.32. The average Bonchev–Trinajstić information content (AvgIpc) is 2.84. The number of anilines is 1. The molecule has 0 saturated carbocycles. The molecule has 0 bridgehead atoms. The maximum Gasteiger partial charge on any atom is 0.0715 e. The van der Waals surface area contributed by atoms with Crippen LogP contribution in [0.1, 0.15) is 21.6 Å². The van der Waals surface area contributed by atoms with Gasteiger partial charge in [-0.2, -0.15) is 5.10 Å². The van der Waals surface area contributed by atoms with E-state index in [2.05, 4.69) is 15.5 Å². The molecule has 0 aliphatic rings. The van der Waals surface area contributed by atoms with Gasteiger partial charge >= 0.3 is 0 Å². The van der Waals surface area contributed by atoms with Crippen molar-refractivity contribution in [3.8, 4) is 0 Å². The molecule has 5 nitrogen and oxygen atoms in total. The Morgan fingerprint density at radius 1 is 1.18 bits per heavy atom. The lowest BCUT2D eigenvalue weighted by molar-refractivity contribution is -0.255. The quantitative estimate of drug-likeness (QED) is 0.572. The van der Waals surface area contributed by atoms with Crippen LogP contribution in [-0.4, -0.2) is 17.2 Å². The summed E-state index contributed by atoms with van der Waals surface area (Å²) < 4.78 is 0. The monoisotopic (exact) mass is 292 g/mol. The largest absolute Gasteiger partial charge is 0.545 e. The molecule has 0 aliphatic carbocycles. The van der Waals surface area contributed by atoms with Gasteiger partial charge in [0.15, 0.2) is 0 Å². The predicted molar refractivity (Wildman–Crippen MR) is 85.0 cm³/mol. The number of aromatic amines is 1. The second-order valence-corrected chi connectivity index (χ2v) is 4.94. The molecule has 0 amide bonds. The van der Waals surface area contributed by atoms with Crippen LogP contribution < -0.4 is 10.5 Å². The van der Waals surface area contributed by atoms with Crippen LogP contribution in [0.25, 0.3) is 10.9 Å². The average molecular weight is 292 g/mol. The minimum absolute atomic E-state index is 0.141. The highest BCUT2D eigenvalue weighted by Crippen LogP contribution is 2.20. The summed E-state index contributed by atoms with van der Waals surface area (Å²) in [4.78, 5) is 14.0. The van der Waals surface area contributed by atoms with E-state index in [1.54, 1.807) is 18.3 Å². The summed E-state index contributed by atoms with van der Waals surface area (Å²) in [5.74, 6) is -1.19. The number of aromatic carboxylic acids is 1. The summed E-state index contributed by atoms with van der Waals surface area (Å²) in [6.07, 6.45) is 1.75. The number of benzene rings is 2. The van der Waals surface area contributed by atoms with Gasteiger partial charge in [0.25, 0.3) is 0 Å².